The van der Waals surface area contributed by atoms with Crippen molar-refractivity contribution < 1.29 is 34.1 Å². The quantitative estimate of drug-likeness (QED) is 0.541. The van der Waals surface area contributed by atoms with Gasteiger partial charge in [0.25, 0.3) is 0 Å². The van der Waals surface area contributed by atoms with E-state index in [1.807, 2.05) is 36.4 Å². The molecule has 2 atom stereocenters. The number of fused-ring (bicyclic) bond motifs is 3. The topological polar surface area (TPSA) is 125 Å². The van der Waals surface area contributed by atoms with E-state index in [2.05, 4.69) is 17.4 Å². The summed E-state index contributed by atoms with van der Waals surface area (Å²) in [5, 5.41) is 21.8. The first-order chi connectivity index (χ1) is 16.3. The minimum absolute atomic E-state index is 0.0241. The van der Waals surface area contributed by atoms with E-state index in [0.717, 1.165) is 22.3 Å². The van der Waals surface area contributed by atoms with Crippen LogP contribution in [0.25, 0.3) is 11.1 Å². The Morgan fingerprint density at radius 3 is 2.29 bits per heavy atom. The molecule has 2 unspecified atom stereocenters. The average molecular weight is 469 g/mol. The molecule has 9 nitrogen and oxygen atoms in total. The first-order valence-electron chi connectivity index (χ1n) is 11.2. The molecule has 4 rings (SSSR count). The Morgan fingerprint density at radius 1 is 1.12 bits per heavy atom. The fourth-order valence-electron chi connectivity index (χ4n) is 4.59. The molecule has 1 saturated heterocycles. The zero-order chi connectivity index (χ0) is 24.3. The van der Waals surface area contributed by atoms with E-state index in [-0.39, 0.29) is 50.9 Å². The summed E-state index contributed by atoms with van der Waals surface area (Å²) >= 11 is 0. The van der Waals surface area contributed by atoms with Crippen LogP contribution < -0.4 is 5.32 Å². The monoisotopic (exact) mass is 468 g/mol. The number of amides is 2. The Balaban J connectivity index is 1.28. The number of aliphatic carboxylic acids is 1. The van der Waals surface area contributed by atoms with Crippen LogP contribution in [0.2, 0.25) is 0 Å². The van der Waals surface area contributed by atoms with Gasteiger partial charge in [-0.2, -0.15) is 0 Å². The number of carboxylic acid groups (broad SMARTS) is 1. The number of rotatable bonds is 8. The fraction of sp³-hybridized carbons (Fsp3) is 0.400. The van der Waals surface area contributed by atoms with Gasteiger partial charge < -0.3 is 29.9 Å². The highest BCUT2D eigenvalue weighted by Gasteiger charge is 2.44. The highest BCUT2D eigenvalue weighted by Crippen LogP contribution is 2.44. The maximum atomic E-state index is 12.5. The van der Waals surface area contributed by atoms with Crippen LogP contribution in [0.5, 0.6) is 0 Å². The van der Waals surface area contributed by atoms with Crippen molar-refractivity contribution in [2.75, 3.05) is 33.4 Å². The third kappa shape index (κ3) is 4.76. The van der Waals surface area contributed by atoms with E-state index in [0.29, 0.717) is 0 Å². The van der Waals surface area contributed by atoms with Crippen molar-refractivity contribution >= 4 is 18.0 Å². The number of alkyl carbamates (subject to hydrolysis) is 1. The number of β-amino-alcohol motifs (C(OH)–C–C–N with tert-alkyl or cyclic N) is 1. The number of carbonyl (C=O) groups is 3. The molecule has 9 heteroatoms. The second-order valence-electron chi connectivity index (χ2n) is 8.67. The van der Waals surface area contributed by atoms with Crippen molar-refractivity contribution in [3.63, 3.8) is 0 Å². The fourth-order valence-corrected chi connectivity index (χ4v) is 4.59. The van der Waals surface area contributed by atoms with Crippen LogP contribution in [-0.4, -0.2) is 78.1 Å². The van der Waals surface area contributed by atoms with E-state index < -0.39 is 23.8 Å². The van der Waals surface area contributed by atoms with Gasteiger partial charge in [0, 0.05) is 32.5 Å². The Bertz CT molecular complexity index is 1040. The summed E-state index contributed by atoms with van der Waals surface area (Å²) in [6.45, 7) is 0.114. The summed E-state index contributed by atoms with van der Waals surface area (Å²) < 4.78 is 10.8. The molecule has 0 radical (unpaired) electrons. The van der Waals surface area contributed by atoms with Gasteiger partial charge in [0.05, 0.1) is 19.1 Å². The van der Waals surface area contributed by atoms with Crippen LogP contribution in [0.3, 0.4) is 0 Å². The molecule has 0 spiro atoms. The normalized spacial score (nSPS) is 19.9. The summed E-state index contributed by atoms with van der Waals surface area (Å²) in [5.41, 5.74) is 2.59. The molecule has 2 aromatic rings. The summed E-state index contributed by atoms with van der Waals surface area (Å²) in [6, 6.07) is 16.1. The number of likely N-dealkylation sites (tertiary alicyclic amines) is 1. The number of carbonyl (C=O) groups excluding carboxylic acids is 2. The van der Waals surface area contributed by atoms with Crippen molar-refractivity contribution in [2.45, 2.75) is 30.5 Å². The molecular weight excluding hydrogens is 440 g/mol. The first kappa shape index (κ1) is 23.7. The smallest absolute Gasteiger partial charge is 0.407 e. The average Bonchev–Trinajstić information content (AvgIpc) is 3.40. The van der Waals surface area contributed by atoms with Crippen molar-refractivity contribution in [2.24, 2.45) is 0 Å². The summed E-state index contributed by atoms with van der Waals surface area (Å²) in [6.07, 6.45) is -1.32. The van der Waals surface area contributed by atoms with Crippen LogP contribution in [-0.2, 0) is 19.1 Å². The van der Waals surface area contributed by atoms with Crippen LogP contribution in [0, 0.1) is 0 Å². The highest BCUT2D eigenvalue weighted by molar-refractivity contribution is 5.82. The van der Waals surface area contributed by atoms with Crippen molar-refractivity contribution in [1.29, 1.82) is 0 Å². The van der Waals surface area contributed by atoms with Gasteiger partial charge in [0.1, 0.15) is 6.61 Å². The van der Waals surface area contributed by atoms with E-state index in [1.54, 1.807) is 0 Å². The molecule has 3 N–H and O–H groups in total. The molecule has 0 aromatic heterocycles. The second-order valence-corrected chi connectivity index (χ2v) is 8.67. The maximum absolute atomic E-state index is 12.5. The van der Waals surface area contributed by atoms with Crippen LogP contribution in [0.4, 0.5) is 4.79 Å². The molecular formula is C25H28N2O7. The van der Waals surface area contributed by atoms with Gasteiger partial charge in [-0.05, 0) is 22.3 Å². The van der Waals surface area contributed by atoms with Gasteiger partial charge in [-0.3, -0.25) is 4.79 Å². The van der Waals surface area contributed by atoms with E-state index in [4.69, 9.17) is 14.6 Å². The predicted molar refractivity (Wildman–Crippen MR) is 122 cm³/mol. The molecule has 2 aromatic carbocycles. The molecule has 1 aliphatic heterocycles. The number of benzene rings is 2. The minimum atomic E-state index is -1.92. The molecule has 2 aliphatic rings. The maximum Gasteiger partial charge on any atom is 0.407 e. The number of hydrogen-bond acceptors (Lipinski definition) is 6. The zero-order valence-electron chi connectivity index (χ0n) is 18.9. The Kier molecular flexibility index (Phi) is 6.85. The lowest BCUT2D eigenvalue weighted by atomic mass is 9.98. The lowest BCUT2D eigenvalue weighted by Gasteiger charge is -2.22. The van der Waals surface area contributed by atoms with Crippen LogP contribution in [0.15, 0.2) is 48.5 Å². The number of carboxylic acids is 1. The van der Waals surface area contributed by atoms with E-state index >= 15 is 0 Å². The largest absolute Gasteiger partial charge is 0.479 e. The van der Waals surface area contributed by atoms with Crippen molar-refractivity contribution in [3.8, 4) is 11.1 Å². The van der Waals surface area contributed by atoms with Crippen molar-refractivity contribution in [3.05, 3.63) is 59.7 Å². The summed E-state index contributed by atoms with van der Waals surface area (Å²) in [5.74, 6) is -1.75. The van der Waals surface area contributed by atoms with E-state index in [1.165, 1.54) is 12.0 Å². The Hall–Kier alpha value is -3.43. The van der Waals surface area contributed by atoms with Crippen LogP contribution in [0.1, 0.15) is 29.9 Å². The predicted octanol–water partition coefficient (Wildman–Crippen LogP) is 1.98. The molecule has 1 heterocycles. The van der Waals surface area contributed by atoms with Crippen molar-refractivity contribution in [1.82, 2.24) is 10.2 Å². The zero-order valence-corrected chi connectivity index (χ0v) is 18.9. The molecule has 2 amide bonds. The van der Waals surface area contributed by atoms with Gasteiger partial charge in [0.15, 0.2) is 5.60 Å². The molecule has 0 saturated carbocycles. The van der Waals surface area contributed by atoms with E-state index in [9.17, 15) is 19.5 Å². The third-order valence-electron chi connectivity index (χ3n) is 6.55. The molecule has 180 valence electrons. The van der Waals surface area contributed by atoms with Crippen LogP contribution >= 0.6 is 0 Å². The second kappa shape index (κ2) is 9.82. The summed E-state index contributed by atoms with van der Waals surface area (Å²) in [7, 11) is 1.43. The summed E-state index contributed by atoms with van der Waals surface area (Å²) in [4.78, 5) is 37.3. The molecule has 0 bridgehead atoms. The number of hydrogen-bond donors (Lipinski definition) is 3. The van der Waals surface area contributed by atoms with Gasteiger partial charge in [-0.1, -0.05) is 48.5 Å². The van der Waals surface area contributed by atoms with Gasteiger partial charge in [-0.25, -0.2) is 9.59 Å². The minimum Gasteiger partial charge on any atom is -0.479 e. The molecule has 34 heavy (non-hydrogen) atoms. The number of nitrogens with zero attached hydrogens (tertiary/aromatic N) is 1. The SMILES string of the molecule is COC(CNC(=O)OCC1c2ccccc2-c2ccccc21)CC(=O)N1CCC(O)(C(=O)O)C1. The third-order valence-corrected chi connectivity index (χ3v) is 6.55. The number of aliphatic hydroxyl groups is 1. The lowest BCUT2D eigenvalue weighted by molar-refractivity contribution is -0.157. The number of methoxy groups -OCH3 is 1. The Morgan fingerprint density at radius 2 is 1.74 bits per heavy atom. The lowest BCUT2D eigenvalue weighted by Crippen LogP contribution is -2.43. The Labute approximate surface area is 197 Å². The number of ether oxygens (including phenoxy) is 2. The molecule has 1 aliphatic carbocycles. The molecule has 1 fully saturated rings. The number of nitrogens with one attached hydrogen (secondary N) is 1. The first-order valence-corrected chi connectivity index (χ1v) is 11.2. The van der Waals surface area contributed by atoms with Gasteiger partial charge >= 0.3 is 12.1 Å². The standard InChI is InChI=1S/C25H28N2O7/c1-33-16(12-22(28)27-11-10-25(32,15-27)23(29)30)13-26-24(31)34-14-21-19-8-4-2-6-17(19)18-7-3-5-9-20(18)21/h2-9,16,21,32H,10-15H2,1H3,(H,26,31)(H,29,30). The van der Waals surface area contributed by atoms with Gasteiger partial charge in [-0.15, -0.1) is 0 Å². The highest BCUT2D eigenvalue weighted by atomic mass is 16.5. The van der Waals surface area contributed by atoms with Gasteiger partial charge in [0.2, 0.25) is 5.91 Å².